The van der Waals surface area contributed by atoms with E-state index in [1.807, 2.05) is 19.1 Å². The highest BCUT2D eigenvalue weighted by molar-refractivity contribution is 6.28. The maximum Gasteiger partial charge on any atom is 0.194 e. The molecule has 0 amide bonds. The molecule has 5 aromatic rings. The molecule has 2 aliphatic carbocycles. The first kappa shape index (κ1) is 22.4. The summed E-state index contributed by atoms with van der Waals surface area (Å²) in [5.41, 5.74) is 6.35. The highest BCUT2D eigenvalue weighted by Gasteiger charge is 2.29. The molecule has 0 atom stereocenters. The molecule has 0 bridgehead atoms. The second kappa shape index (κ2) is 9.20. The zero-order valence-corrected chi connectivity index (χ0v) is 20.5. The summed E-state index contributed by atoms with van der Waals surface area (Å²) < 4.78 is 0. The summed E-state index contributed by atoms with van der Waals surface area (Å²) in [6.07, 6.45) is 6.07. The molecule has 0 saturated heterocycles. The van der Waals surface area contributed by atoms with Crippen molar-refractivity contribution in [3.8, 4) is 0 Å². The maximum atomic E-state index is 12.4. The Morgan fingerprint density at radius 2 is 1.25 bits per heavy atom. The zero-order chi connectivity index (χ0) is 24.6. The third-order valence-corrected chi connectivity index (χ3v) is 7.66. The minimum atomic E-state index is -0.0529. The summed E-state index contributed by atoms with van der Waals surface area (Å²) in [5.74, 6) is -0.0987. The van der Waals surface area contributed by atoms with E-state index in [-0.39, 0.29) is 11.6 Å². The second-order valence-corrected chi connectivity index (χ2v) is 9.73. The van der Waals surface area contributed by atoms with E-state index in [4.69, 9.17) is 0 Å². The maximum absolute atomic E-state index is 12.4. The lowest BCUT2D eigenvalue weighted by Crippen LogP contribution is -2.20. The Kier molecular flexibility index (Phi) is 5.73. The fourth-order valence-electron chi connectivity index (χ4n) is 5.71. The third kappa shape index (κ3) is 3.74. The van der Waals surface area contributed by atoms with Crippen molar-refractivity contribution < 1.29 is 9.59 Å². The molecule has 0 radical (unpaired) electrons. The van der Waals surface area contributed by atoms with Crippen LogP contribution in [0.25, 0.3) is 21.5 Å². The molecule has 0 N–H and O–H groups in total. The first-order valence-electron chi connectivity index (χ1n) is 12.9. The van der Waals surface area contributed by atoms with Gasteiger partial charge in [0.05, 0.1) is 0 Å². The van der Waals surface area contributed by atoms with E-state index in [0.29, 0.717) is 22.3 Å². The smallest absolute Gasteiger partial charge is 0.194 e. The molecule has 0 saturated carbocycles. The Hall–Kier alpha value is -4.04. The number of rotatable bonds is 1. The predicted molar refractivity (Wildman–Crippen MR) is 147 cm³/mol. The fourth-order valence-corrected chi connectivity index (χ4v) is 5.71. The largest absolute Gasteiger partial charge is 0.289 e. The molecule has 2 heteroatoms. The Labute approximate surface area is 211 Å². The Balaban J connectivity index is 0.000000133. The molecule has 7 rings (SSSR count). The lowest BCUT2D eigenvalue weighted by Gasteiger charge is -2.18. The Morgan fingerprint density at radius 1 is 0.583 bits per heavy atom. The molecular weight excluding hydrogens is 440 g/mol. The van der Waals surface area contributed by atoms with Crippen molar-refractivity contribution >= 4 is 33.1 Å². The van der Waals surface area contributed by atoms with Crippen molar-refractivity contribution in [2.45, 2.75) is 39.0 Å². The van der Waals surface area contributed by atoms with E-state index < -0.39 is 0 Å². The molecule has 0 aliphatic heterocycles. The molecule has 0 heterocycles. The van der Waals surface area contributed by atoms with Gasteiger partial charge in [-0.3, -0.25) is 9.59 Å². The van der Waals surface area contributed by atoms with Crippen LogP contribution in [0.3, 0.4) is 0 Å². The lowest BCUT2D eigenvalue weighted by atomic mass is 9.83. The average Bonchev–Trinajstić information content (AvgIpc) is 2.95. The molecule has 36 heavy (non-hydrogen) atoms. The van der Waals surface area contributed by atoms with Gasteiger partial charge < -0.3 is 0 Å². The van der Waals surface area contributed by atoms with Gasteiger partial charge in [0.15, 0.2) is 11.6 Å². The van der Waals surface area contributed by atoms with Crippen LogP contribution in [0.1, 0.15) is 68.3 Å². The highest BCUT2D eigenvalue weighted by atomic mass is 16.1. The topological polar surface area (TPSA) is 34.1 Å². The van der Waals surface area contributed by atoms with Crippen molar-refractivity contribution in [1.29, 1.82) is 0 Å². The van der Waals surface area contributed by atoms with Crippen molar-refractivity contribution in [3.05, 3.63) is 130 Å². The monoisotopic (exact) mass is 468 g/mol. The van der Waals surface area contributed by atoms with Crippen LogP contribution in [0.15, 0.2) is 91.0 Å². The Morgan fingerprint density at radius 3 is 2.06 bits per heavy atom. The number of benzene rings is 5. The fraction of sp³-hybridized carbons (Fsp3) is 0.176. The van der Waals surface area contributed by atoms with E-state index in [1.54, 1.807) is 41.5 Å². The number of carbonyl (C=O) groups excluding carboxylic acids is 2. The molecule has 2 aliphatic rings. The molecule has 0 aromatic heterocycles. The quantitative estimate of drug-likeness (QED) is 0.230. The summed E-state index contributed by atoms with van der Waals surface area (Å²) in [6.45, 7) is 2.03. The number of carbonyl (C=O) groups is 2. The molecular formula is C34H28O2. The van der Waals surface area contributed by atoms with Crippen LogP contribution < -0.4 is 0 Å². The molecule has 0 unspecified atom stereocenters. The van der Waals surface area contributed by atoms with Gasteiger partial charge in [0, 0.05) is 22.3 Å². The van der Waals surface area contributed by atoms with E-state index in [0.717, 1.165) is 12.0 Å². The third-order valence-electron chi connectivity index (χ3n) is 7.66. The summed E-state index contributed by atoms with van der Waals surface area (Å²) in [6, 6.07) is 30.5. The van der Waals surface area contributed by atoms with E-state index in [9.17, 15) is 9.59 Å². The van der Waals surface area contributed by atoms with E-state index in [1.165, 1.54) is 47.2 Å². The Bertz CT molecular complexity index is 1660. The van der Waals surface area contributed by atoms with Gasteiger partial charge in [-0.25, -0.2) is 0 Å². The normalized spacial score (nSPS) is 14.0. The van der Waals surface area contributed by atoms with Gasteiger partial charge in [-0.1, -0.05) is 91.9 Å². The van der Waals surface area contributed by atoms with Crippen molar-refractivity contribution in [3.63, 3.8) is 0 Å². The van der Waals surface area contributed by atoms with Crippen LogP contribution in [0.5, 0.6) is 0 Å². The molecule has 0 fully saturated rings. The number of aryl methyl sites for hydroxylation is 3. The van der Waals surface area contributed by atoms with Gasteiger partial charge in [-0.15, -0.1) is 0 Å². The van der Waals surface area contributed by atoms with Gasteiger partial charge in [0.2, 0.25) is 0 Å². The van der Waals surface area contributed by atoms with Crippen LogP contribution in [0.4, 0.5) is 0 Å². The van der Waals surface area contributed by atoms with Gasteiger partial charge >= 0.3 is 0 Å². The van der Waals surface area contributed by atoms with Gasteiger partial charge in [-0.2, -0.15) is 0 Å². The summed E-state index contributed by atoms with van der Waals surface area (Å²) in [4.78, 5) is 24.7. The van der Waals surface area contributed by atoms with Crippen LogP contribution in [-0.2, 0) is 19.3 Å². The van der Waals surface area contributed by atoms with E-state index >= 15 is 0 Å². The van der Waals surface area contributed by atoms with Crippen LogP contribution in [-0.4, -0.2) is 11.6 Å². The molecule has 176 valence electrons. The predicted octanol–water partition coefficient (Wildman–Crippen LogP) is 7.90. The minimum absolute atomic E-state index is 0.0458. The number of fused-ring (bicyclic) bond motifs is 7. The van der Waals surface area contributed by atoms with Crippen molar-refractivity contribution in [2.24, 2.45) is 0 Å². The van der Waals surface area contributed by atoms with Crippen LogP contribution in [0.2, 0.25) is 0 Å². The minimum Gasteiger partial charge on any atom is -0.289 e. The summed E-state index contributed by atoms with van der Waals surface area (Å²) in [7, 11) is 0. The molecule has 2 nitrogen and oxygen atoms in total. The van der Waals surface area contributed by atoms with Gasteiger partial charge in [0.25, 0.3) is 0 Å². The first-order valence-corrected chi connectivity index (χ1v) is 12.9. The van der Waals surface area contributed by atoms with Crippen molar-refractivity contribution in [1.82, 2.24) is 0 Å². The van der Waals surface area contributed by atoms with Crippen LogP contribution >= 0.6 is 0 Å². The standard InChI is InChI=1S/C18H16.C16H12O2/c1-3-7-15-13(5-1)9-11-18-16-8-4-2-6-14(16)10-12-17(15)18;1-2-10-7-8-13-14(9-10)16(18)12-6-4-3-5-11(12)15(13)17/h1,3,5,7,9-12H,2,4,6,8H2;3-9H,2H2,1H3. The summed E-state index contributed by atoms with van der Waals surface area (Å²) in [5, 5.41) is 5.64. The zero-order valence-electron chi connectivity index (χ0n) is 20.5. The van der Waals surface area contributed by atoms with Crippen molar-refractivity contribution in [2.75, 3.05) is 0 Å². The molecule has 5 aromatic carbocycles. The second-order valence-electron chi connectivity index (χ2n) is 9.73. The first-order chi connectivity index (χ1) is 17.7. The van der Waals surface area contributed by atoms with Gasteiger partial charge in [-0.05, 0) is 76.4 Å². The lowest BCUT2D eigenvalue weighted by molar-refractivity contribution is 0.0979. The number of hydrogen-bond acceptors (Lipinski definition) is 2. The molecule has 0 spiro atoms. The van der Waals surface area contributed by atoms with Gasteiger partial charge in [0.1, 0.15) is 0 Å². The average molecular weight is 469 g/mol. The SMILES string of the molecule is CCc1ccc2c(c1)C(=O)c1ccccc1C2=O.c1ccc2c(c1)ccc1c3c(ccc12)CCCC3. The van der Waals surface area contributed by atoms with Crippen LogP contribution in [0, 0.1) is 0 Å². The highest BCUT2D eigenvalue weighted by Crippen LogP contribution is 2.33. The number of hydrogen-bond donors (Lipinski definition) is 0. The number of ketones is 2. The summed E-state index contributed by atoms with van der Waals surface area (Å²) >= 11 is 0. The van der Waals surface area contributed by atoms with E-state index in [2.05, 4.69) is 48.5 Å².